The van der Waals surface area contributed by atoms with Gasteiger partial charge in [-0.3, -0.25) is 0 Å². The van der Waals surface area contributed by atoms with Crippen LogP contribution in [-0.4, -0.2) is 19.7 Å². The minimum atomic E-state index is -4.53. The molecule has 0 amide bonds. The van der Waals surface area contributed by atoms with Crippen molar-refractivity contribution >= 4 is 11.6 Å². The van der Waals surface area contributed by atoms with Crippen LogP contribution < -0.4 is 0 Å². The van der Waals surface area contributed by atoms with E-state index < -0.39 is 11.9 Å². The highest BCUT2D eigenvalue weighted by atomic mass is 35.5. The summed E-state index contributed by atoms with van der Waals surface area (Å²) in [4.78, 5) is 7.37. The number of halogens is 4. The van der Waals surface area contributed by atoms with Crippen LogP contribution in [0.1, 0.15) is 11.4 Å². The van der Waals surface area contributed by atoms with Crippen LogP contribution in [0.15, 0.2) is 18.5 Å². The molecule has 0 atom stereocenters. The molecule has 0 fully saturated rings. The second-order valence-corrected chi connectivity index (χ2v) is 3.48. The van der Waals surface area contributed by atoms with Gasteiger partial charge in [0.2, 0.25) is 0 Å². The van der Waals surface area contributed by atoms with E-state index in [0.29, 0.717) is 0 Å². The number of nitriles is 1. The molecule has 2 aromatic heterocycles. The van der Waals surface area contributed by atoms with Crippen molar-refractivity contribution in [1.29, 1.82) is 5.26 Å². The summed E-state index contributed by atoms with van der Waals surface area (Å²) < 4.78 is 37.9. The Balaban J connectivity index is 2.41. The largest absolute Gasteiger partial charge is 0.435 e. The zero-order valence-electron chi connectivity index (χ0n) is 8.48. The summed E-state index contributed by atoms with van der Waals surface area (Å²) in [6, 6.07) is 2.49. The zero-order chi connectivity index (χ0) is 13.3. The normalized spacial score (nSPS) is 11.3. The fourth-order valence-corrected chi connectivity index (χ4v) is 1.32. The number of nitrogens with zero attached hydrogens (tertiary/aromatic N) is 5. The molecule has 0 saturated carbocycles. The fourth-order valence-electron chi connectivity index (χ4n) is 1.15. The maximum absolute atomic E-state index is 12.3. The first-order valence-corrected chi connectivity index (χ1v) is 4.85. The van der Waals surface area contributed by atoms with Gasteiger partial charge in [0.1, 0.15) is 6.07 Å². The van der Waals surface area contributed by atoms with Gasteiger partial charge in [0.05, 0.1) is 6.20 Å². The maximum atomic E-state index is 12.3. The highest BCUT2D eigenvalue weighted by molar-refractivity contribution is 6.30. The standard InChI is InChI=1S/C9H3ClF3N5/c10-8-5(3-14)15-4-7(16-8)18-2-1-6(17-18)9(11,12)13/h1-2,4H. The van der Waals surface area contributed by atoms with Gasteiger partial charge in [-0.15, -0.1) is 0 Å². The molecule has 92 valence electrons. The third-order valence-corrected chi connectivity index (χ3v) is 2.20. The molecule has 0 aliphatic carbocycles. The SMILES string of the molecule is N#Cc1ncc(-n2ccc(C(F)(F)F)n2)nc1Cl. The van der Waals surface area contributed by atoms with E-state index in [9.17, 15) is 13.2 Å². The van der Waals surface area contributed by atoms with Crippen LogP contribution in [0.3, 0.4) is 0 Å². The Bertz CT molecular complexity index is 628. The molecule has 2 rings (SSSR count). The topological polar surface area (TPSA) is 67.4 Å². The van der Waals surface area contributed by atoms with Crippen molar-refractivity contribution in [3.05, 3.63) is 35.0 Å². The molecule has 0 unspecified atom stereocenters. The summed E-state index contributed by atoms with van der Waals surface area (Å²) in [5.74, 6) is -0.00509. The molecule has 0 bridgehead atoms. The highest BCUT2D eigenvalue weighted by Gasteiger charge is 2.33. The van der Waals surface area contributed by atoms with Crippen molar-refractivity contribution in [2.75, 3.05) is 0 Å². The van der Waals surface area contributed by atoms with Crippen molar-refractivity contribution in [2.45, 2.75) is 6.18 Å². The maximum Gasteiger partial charge on any atom is 0.435 e. The minimum absolute atomic E-state index is 0.00509. The quantitative estimate of drug-likeness (QED) is 0.799. The summed E-state index contributed by atoms with van der Waals surface area (Å²) in [5.41, 5.74) is -1.16. The van der Waals surface area contributed by atoms with E-state index in [1.54, 1.807) is 6.07 Å². The van der Waals surface area contributed by atoms with Gasteiger partial charge in [0.25, 0.3) is 0 Å². The second-order valence-electron chi connectivity index (χ2n) is 3.12. The van der Waals surface area contributed by atoms with E-state index in [1.165, 1.54) is 0 Å². The van der Waals surface area contributed by atoms with Gasteiger partial charge < -0.3 is 0 Å². The van der Waals surface area contributed by atoms with Crippen LogP contribution in [0.2, 0.25) is 5.15 Å². The smallest absolute Gasteiger partial charge is 0.239 e. The van der Waals surface area contributed by atoms with Crippen LogP contribution >= 0.6 is 11.6 Å². The van der Waals surface area contributed by atoms with Crippen LogP contribution in [0.25, 0.3) is 5.82 Å². The van der Waals surface area contributed by atoms with Crippen LogP contribution in [0, 0.1) is 11.3 Å². The molecule has 2 aromatic rings. The summed E-state index contributed by atoms with van der Waals surface area (Å²) in [6.45, 7) is 0. The first-order valence-electron chi connectivity index (χ1n) is 4.47. The molecule has 5 nitrogen and oxygen atoms in total. The predicted octanol–water partition coefficient (Wildman–Crippen LogP) is 2.21. The van der Waals surface area contributed by atoms with Gasteiger partial charge in [0, 0.05) is 6.20 Å². The number of alkyl halides is 3. The first-order chi connectivity index (χ1) is 8.41. The molecular weight excluding hydrogens is 271 g/mol. The van der Waals surface area contributed by atoms with Crippen molar-refractivity contribution in [3.63, 3.8) is 0 Å². The highest BCUT2D eigenvalue weighted by Crippen LogP contribution is 2.27. The molecule has 0 radical (unpaired) electrons. The number of aromatic nitrogens is 4. The van der Waals surface area contributed by atoms with Gasteiger partial charge in [0.15, 0.2) is 22.4 Å². The molecule has 0 N–H and O–H groups in total. The van der Waals surface area contributed by atoms with E-state index in [2.05, 4.69) is 15.1 Å². The molecule has 0 aliphatic rings. The Morgan fingerprint density at radius 2 is 2.11 bits per heavy atom. The van der Waals surface area contributed by atoms with Crippen LogP contribution in [0.5, 0.6) is 0 Å². The molecule has 0 aliphatic heterocycles. The van der Waals surface area contributed by atoms with Gasteiger partial charge >= 0.3 is 6.18 Å². The third-order valence-electron chi connectivity index (χ3n) is 1.94. The number of hydrogen-bond acceptors (Lipinski definition) is 4. The van der Waals surface area contributed by atoms with Crippen molar-refractivity contribution < 1.29 is 13.2 Å². The van der Waals surface area contributed by atoms with E-state index in [0.717, 1.165) is 23.1 Å². The Morgan fingerprint density at radius 3 is 2.61 bits per heavy atom. The fraction of sp³-hybridized carbons (Fsp3) is 0.111. The van der Waals surface area contributed by atoms with E-state index >= 15 is 0 Å². The summed E-state index contributed by atoms with van der Waals surface area (Å²) in [7, 11) is 0. The second kappa shape index (κ2) is 4.27. The van der Waals surface area contributed by atoms with Crippen LogP contribution in [-0.2, 0) is 6.18 Å². The van der Waals surface area contributed by atoms with Crippen molar-refractivity contribution in [3.8, 4) is 11.9 Å². The van der Waals surface area contributed by atoms with Crippen LogP contribution in [0.4, 0.5) is 13.2 Å². The molecule has 2 heterocycles. The third kappa shape index (κ3) is 2.26. The lowest BCUT2D eigenvalue weighted by Crippen LogP contribution is -2.08. The molecule has 0 spiro atoms. The molecular formula is C9H3ClF3N5. The first kappa shape index (κ1) is 12.3. The van der Waals surface area contributed by atoms with Crippen molar-refractivity contribution in [1.82, 2.24) is 19.7 Å². The Morgan fingerprint density at radius 1 is 1.39 bits per heavy atom. The number of hydrogen-bond donors (Lipinski definition) is 0. The zero-order valence-corrected chi connectivity index (χ0v) is 9.24. The predicted molar refractivity (Wildman–Crippen MR) is 53.9 cm³/mol. The van der Waals surface area contributed by atoms with Gasteiger partial charge in [-0.25, -0.2) is 14.6 Å². The molecule has 18 heavy (non-hydrogen) atoms. The summed E-state index contributed by atoms with van der Waals surface area (Å²) in [5, 5.41) is 11.7. The summed E-state index contributed by atoms with van der Waals surface area (Å²) >= 11 is 5.62. The molecule has 9 heteroatoms. The van der Waals surface area contributed by atoms with Gasteiger partial charge in [-0.1, -0.05) is 11.6 Å². The van der Waals surface area contributed by atoms with Gasteiger partial charge in [-0.2, -0.15) is 23.5 Å². The lowest BCUT2D eigenvalue weighted by atomic mass is 10.4. The van der Waals surface area contributed by atoms with E-state index in [4.69, 9.17) is 16.9 Å². The van der Waals surface area contributed by atoms with E-state index in [-0.39, 0.29) is 16.7 Å². The lowest BCUT2D eigenvalue weighted by molar-refractivity contribution is -0.141. The Hall–Kier alpha value is -2.14. The van der Waals surface area contributed by atoms with Gasteiger partial charge in [-0.05, 0) is 6.07 Å². The molecule has 0 aromatic carbocycles. The average molecular weight is 274 g/mol. The van der Waals surface area contributed by atoms with Crippen molar-refractivity contribution in [2.24, 2.45) is 0 Å². The summed E-state index contributed by atoms with van der Waals surface area (Å²) in [6.07, 6.45) is -2.35. The lowest BCUT2D eigenvalue weighted by Gasteiger charge is -2.02. The molecule has 0 saturated heterocycles. The minimum Gasteiger partial charge on any atom is -0.239 e. The van der Waals surface area contributed by atoms with E-state index in [1.807, 2.05) is 0 Å². The number of rotatable bonds is 1. The Labute approximate surface area is 103 Å². The Kier molecular flexibility index (Phi) is 2.92. The average Bonchev–Trinajstić information content (AvgIpc) is 2.77. The monoisotopic (exact) mass is 273 g/mol.